The number of carbonyl (C=O) groups is 1. The smallest absolute Gasteiger partial charge is 0.255 e. The molecule has 0 spiro atoms. The molecule has 0 unspecified atom stereocenters. The highest BCUT2D eigenvalue weighted by molar-refractivity contribution is 7.89. The summed E-state index contributed by atoms with van der Waals surface area (Å²) in [6, 6.07) is 5.79. The minimum absolute atomic E-state index is 0.198. The SMILES string of the molecule is O=C(NCc1cccs1)c1cc(S(=O)(=O)N2CCCCC2)cc(O)c1O. The standard InChI is InChI=1S/C17H20N2O5S2/c20-15-10-13(26(23,24)19-6-2-1-3-7-19)9-14(16(15)21)17(22)18-11-12-5-4-8-25-12/h4-5,8-10,20-21H,1-3,6-7,11H2,(H,18,22). The normalized spacial score (nSPS) is 15.7. The minimum Gasteiger partial charge on any atom is -0.504 e. The van der Waals surface area contributed by atoms with Gasteiger partial charge >= 0.3 is 0 Å². The molecule has 1 aliphatic rings. The van der Waals surface area contributed by atoms with E-state index in [1.54, 1.807) is 0 Å². The van der Waals surface area contributed by atoms with Crippen LogP contribution in [0.2, 0.25) is 0 Å². The Kier molecular flexibility index (Phi) is 5.49. The molecule has 1 aromatic heterocycles. The number of hydrogen-bond acceptors (Lipinski definition) is 6. The molecule has 2 heterocycles. The van der Waals surface area contributed by atoms with E-state index in [9.17, 15) is 23.4 Å². The van der Waals surface area contributed by atoms with E-state index in [1.165, 1.54) is 15.6 Å². The average molecular weight is 396 g/mol. The number of piperidine rings is 1. The molecular formula is C17H20N2O5S2. The lowest BCUT2D eigenvalue weighted by atomic mass is 10.1. The Morgan fingerprint density at radius 3 is 2.58 bits per heavy atom. The van der Waals surface area contributed by atoms with Crippen LogP contribution in [0, 0.1) is 0 Å². The van der Waals surface area contributed by atoms with Crippen molar-refractivity contribution in [3.05, 3.63) is 40.1 Å². The molecule has 3 N–H and O–H groups in total. The lowest BCUT2D eigenvalue weighted by Gasteiger charge is -2.26. The Labute approximate surface area is 155 Å². The number of aromatic hydroxyl groups is 2. The molecule has 0 radical (unpaired) electrons. The van der Waals surface area contributed by atoms with Gasteiger partial charge in [-0.2, -0.15) is 4.31 Å². The lowest BCUT2D eigenvalue weighted by molar-refractivity contribution is 0.0947. The molecule has 0 bridgehead atoms. The highest BCUT2D eigenvalue weighted by Crippen LogP contribution is 2.34. The predicted octanol–water partition coefficient (Wildman–Crippen LogP) is 2.26. The number of nitrogens with one attached hydrogen (secondary N) is 1. The third-order valence-corrected chi connectivity index (χ3v) is 7.02. The molecule has 26 heavy (non-hydrogen) atoms. The van der Waals surface area contributed by atoms with Gasteiger partial charge in [0.25, 0.3) is 5.91 Å². The maximum Gasteiger partial charge on any atom is 0.255 e. The molecule has 1 aliphatic heterocycles. The Hall–Kier alpha value is -2.10. The zero-order chi connectivity index (χ0) is 18.7. The number of phenols is 2. The monoisotopic (exact) mass is 396 g/mol. The maximum atomic E-state index is 12.8. The fraction of sp³-hybridized carbons (Fsp3) is 0.353. The Bertz CT molecular complexity index is 888. The van der Waals surface area contributed by atoms with E-state index in [4.69, 9.17) is 0 Å². The molecule has 1 saturated heterocycles. The van der Waals surface area contributed by atoms with E-state index >= 15 is 0 Å². The Morgan fingerprint density at radius 2 is 1.92 bits per heavy atom. The fourth-order valence-corrected chi connectivity index (χ4v) is 5.05. The largest absolute Gasteiger partial charge is 0.504 e. The summed E-state index contributed by atoms with van der Waals surface area (Å²) < 4.78 is 26.9. The van der Waals surface area contributed by atoms with Gasteiger partial charge in [-0.3, -0.25) is 4.79 Å². The third-order valence-electron chi connectivity index (χ3n) is 4.26. The zero-order valence-electron chi connectivity index (χ0n) is 14.0. The van der Waals surface area contributed by atoms with Crippen LogP contribution >= 0.6 is 11.3 Å². The molecule has 0 saturated carbocycles. The molecule has 7 nitrogen and oxygen atoms in total. The van der Waals surface area contributed by atoms with Crippen molar-refractivity contribution < 1.29 is 23.4 Å². The van der Waals surface area contributed by atoms with E-state index in [2.05, 4.69) is 5.32 Å². The van der Waals surface area contributed by atoms with Crippen molar-refractivity contribution in [2.24, 2.45) is 0 Å². The van der Waals surface area contributed by atoms with Crippen LogP contribution in [0.1, 0.15) is 34.5 Å². The lowest BCUT2D eigenvalue weighted by Crippen LogP contribution is -2.35. The van der Waals surface area contributed by atoms with Crippen molar-refractivity contribution in [1.82, 2.24) is 9.62 Å². The summed E-state index contributed by atoms with van der Waals surface area (Å²) in [5.41, 5.74) is -0.267. The van der Waals surface area contributed by atoms with Crippen LogP contribution in [-0.4, -0.2) is 41.9 Å². The number of hydrogen-bond donors (Lipinski definition) is 3. The van der Waals surface area contributed by atoms with Crippen molar-refractivity contribution in [3.63, 3.8) is 0 Å². The summed E-state index contributed by atoms with van der Waals surface area (Å²) in [6.07, 6.45) is 2.53. The second-order valence-corrected chi connectivity index (χ2v) is 9.04. The molecule has 9 heteroatoms. The Morgan fingerprint density at radius 1 is 1.19 bits per heavy atom. The highest BCUT2D eigenvalue weighted by Gasteiger charge is 2.29. The molecule has 140 valence electrons. The fourth-order valence-electron chi connectivity index (χ4n) is 2.85. The molecule has 1 fully saturated rings. The first-order chi connectivity index (χ1) is 12.4. The van der Waals surface area contributed by atoms with E-state index < -0.39 is 27.4 Å². The first-order valence-corrected chi connectivity index (χ1v) is 10.6. The van der Waals surface area contributed by atoms with Crippen molar-refractivity contribution in [3.8, 4) is 11.5 Å². The number of thiophene rings is 1. The van der Waals surface area contributed by atoms with E-state index in [0.29, 0.717) is 13.1 Å². The first-order valence-electron chi connectivity index (χ1n) is 8.26. The van der Waals surface area contributed by atoms with Crippen molar-refractivity contribution >= 4 is 27.3 Å². The number of benzene rings is 1. The number of rotatable bonds is 5. The third kappa shape index (κ3) is 3.84. The maximum absolute atomic E-state index is 12.8. The van der Waals surface area contributed by atoms with Gasteiger partial charge in [0.05, 0.1) is 17.0 Å². The summed E-state index contributed by atoms with van der Waals surface area (Å²) in [4.78, 5) is 13.1. The number of nitrogens with zero attached hydrogens (tertiary/aromatic N) is 1. The number of phenolic OH excluding ortho intramolecular Hbond substituents is 2. The average Bonchev–Trinajstić information content (AvgIpc) is 3.16. The number of carbonyl (C=O) groups excluding carboxylic acids is 1. The molecule has 2 aromatic rings. The molecule has 0 atom stereocenters. The van der Waals surface area contributed by atoms with Crippen LogP contribution in [0.25, 0.3) is 0 Å². The van der Waals surface area contributed by atoms with E-state index in [-0.39, 0.29) is 17.0 Å². The zero-order valence-corrected chi connectivity index (χ0v) is 15.6. The number of sulfonamides is 1. The second kappa shape index (κ2) is 7.65. The van der Waals surface area contributed by atoms with Crippen LogP contribution in [0.4, 0.5) is 0 Å². The van der Waals surface area contributed by atoms with E-state index in [1.807, 2.05) is 17.5 Å². The van der Waals surface area contributed by atoms with Gasteiger partial charge in [0, 0.05) is 24.0 Å². The van der Waals surface area contributed by atoms with Gasteiger partial charge in [-0.1, -0.05) is 12.5 Å². The molecular weight excluding hydrogens is 376 g/mol. The molecule has 1 aromatic carbocycles. The summed E-state index contributed by atoms with van der Waals surface area (Å²) in [7, 11) is -3.83. The topological polar surface area (TPSA) is 107 Å². The molecule has 3 rings (SSSR count). The van der Waals surface area contributed by atoms with Gasteiger partial charge < -0.3 is 15.5 Å². The quantitative estimate of drug-likeness (QED) is 0.672. The van der Waals surface area contributed by atoms with Crippen LogP contribution in [0.15, 0.2) is 34.5 Å². The van der Waals surface area contributed by atoms with Gasteiger partial charge in [-0.15, -0.1) is 11.3 Å². The van der Waals surface area contributed by atoms with Gasteiger partial charge in [0.2, 0.25) is 10.0 Å². The highest BCUT2D eigenvalue weighted by atomic mass is 32.2. The summed E-state index contributed by atoms with van der Waals surface area (Å²) in [5, 5.41) is 24.4. The van der Waals surface area contributed by atoms with Gasteiger partial charge in [-0.25, -0.2) is 8.42 Å². The van der Waals surface area contributed by atoms with E-state index in [0.717, 1.165) is 36.3 Å². The van der Waals surface area contributed by atoms with Crippen molar-refractivity contribution in [2.75, 3.05) is 13.1 Å². The van der Waals surface area contributed by atoms with Gasteiger partial charge in [0.15, 0.2) is 11.5 Å². The molecule has 0 aliphatic carbocycles. The minimum atomic E-state index is -3.83. The Balaban J connectivity index is 1.87. The molecule has 1 amide bonds. The second-order valence-electron chi connectivity index (χ2n) is 6.07. The summed E-state index contributed by atoms with van der Waals surface area (Å²) >= 11 is 1.46. The number of amides is 1. The van der Waals surface area contributed by atoms with Crippen LogP contribution in [0.3, 0.4) is 0 Å². The van der Waals surface area contributed by atoms with Gasteiger partial charge in [-0.05, 0) is 30.4 Å². The van der Waals surface area contributed by atoms with Crippen LogP contribution in [0.5, 0.6) is 11.5 Å². The first kappa shape index (κ1) is 18.7. The summed E-state index contributed by atoms with van der Waals surface area (Å²) in [6.45, 7) is 1.06. The van der Waals surface area contributed by atoms with Crippen LogP contribution < -0.4 is 5.32 Å². The van der Waals surface area contributed by atoms with Crippen LogP contribution in [-0.2, 0) is 16.6 Å². The predicted molar refractivity (Wildman–Crippen MR) is 97.9 cm³/mol. The van der Waals surface area contributed by atoms with Crippen molar-refractivity contribution in [1.29, 1.82) is 0 Å². The van der Waals surface area contributed by atoms with Gasteiger partial charge in [0.1, 0.15) is 0 Å². The summed E-state index contributed by atoms with van der Waals surface area (Å²) in [5.74, 6) is -1.92. The van der Waals surface area contributed by atoms with Crippen molar-refractivity contribution in [2.45, 2.75) is 30.7 Å².